The fourth-order valence-corrected chi connectivity index (χ4v) is 4.98. The molecule has 2 aromatic carbocycles. The third-order valence-electron chi connectivity index (χ3n) is 5.08. The van der Waals surface area contributed by atoms with Gasteiger partial charge in [0.15, 0.2) is 23.0 Å². The van der Waals surface area contributed by atoms with Crippen molar-refractivity contribution in [3.8, 4) is 0 Å². The third-order valence-corrected chi connectivity index (χ3v) is 6.63. The quantitative estimate of drug-likeness (QED) is 0.339. The minimum absolute atomic E-state index is 0.311. The van der Waals surface area contributed by atoms with E-state index in [9.17, 15) is 4.79 Å². The Kier molecular flexibility index (Phi) is 6.15. The van der Waals surface area contributed by atoms with Crippen molar-refractivity contribution in [2.75, 3.05) is 0 Å². The van der Waals surface area contributed by atoms with Crippen molar-refractivity contribution in [1.82, 2.24) is 4.57 Å². The number of thioether (sulfide) groups is 1. The molecule has 0 fully saturated rings. The molecule has 1 aliphatic carbocycles. The summed E-state index contributed by atoms with van der Waals surface area (Å²) in [5, 5.41) is 1.10. The molecule has 0 saturated heterocycles. The van der Waals surface area contributed by atoms with Gasteiger partial charge in [0.25, 0.3) is 0 Å². The molecule has 148 valence electrons. The number of benzene rings is 2. The summed E-state index contributed by atoms with van der Waals surface area (Å²) in [6, 6.07) is 14.8. The van der Waals surface area contributed by atoms with E-state index in [1.807, 2.05) is 0 Å². The van der Waals surface area contributed by atoms with E-state index < -0.39 is 0 Å². The maximum absolute atomic E-state index is 12.9. The molecule has 0 N–H and O–H groups in total. The van der Waals surface area contributed by atoms with Crippen LogP contribution >= 0.6 is 34.8 Å². The van der Waals surface area contributed by atoms with E-state index in [-0.39, 0.29) is 5.97 Å². The van der Waals surface area contributed by atoms with Gasteiger partial charge in [0, 0.05) is 16.8 Å². The van der Waals surface area contributed by atoms with Crippen molar-refractivity contribution in [1.29, 1.82) is 0 Å². The van der Waals surface area contributed by atoms with Gasteiger partial charge in [-0.1, -0.05) is 71.4 Å². The van der Waals surface area contributed by atoms with Crippen molar-refractivity contribution in [3.63, 3.8) is 0 Å². The summed E-state index contributed by atoms with van der Waals surface area (Å²) >= 11 is 3.34. The number of allylic oxidation sites excluding steroid dienone is 3. The summed E-state index contributed by atoms with van der Waals surface area (Å²) in [6.45, 7) is 4.79. The van der Waals surface area contributed by atoms with Gasteiger partial charge in [-0.05, 0) is 44.4 Å². The van der Waals surface area contributed by atoms with Gasteiger partial charge in [-0.25, -0.2) is 4.79 Å². The smallest absolute Gasteiger partial charge is 0.365 e. The molecule has 0 atom stereocenters. The summed E-state index contributed by atoms with van der Waals surface area (Å²) in [4.78, 5) is 15.0. The zero-order valence-corrected chi connectivity index (χ0v) is 19.4. The second kappa shape index (κ2) is 8.79. The van der Waals surface area contributed by atoms with E-state index in [1.165, 1.54) is 16.0 Å². The van der Waals surface area contributed by atoms with Gasteiger partial charge in [0.1, 0.15) is 5.69 Å². The Morgan fingerprint density at radius 3 is 2.55 bits per heavy atom. The predicted octanol–water partition coefficient (Wildman–Crippen LogP) is 7.14. The highest BCUT2D eigenvalue weighted by Gasteiger charge is 2.25. The Hall–Kier alpha value is -1.99. The second-order valence-electron chi connectivity index (χ2n) is 7.32. The van der Waals surface area contributed by atoms with Gasteiger partial charge in [-0.3, -0.25) is 0 Å². The lowest BCUT2D eigenvalue weighted by Gasteiger charge is -2.11. The first-order chi connectivity index (χ1) is 14.1. The summed E-state index contributed by atoms with van der Waals surface area (Å²) in [5.74, 6) is -0.311. The number of carbonyl (C=O) groups excluding carboxylic acids is 1. The molecular formula is C24H22INO2S. The summed E-state index contributed by atoms with van der Waals surface area (Å²) in [6.07, 6.45) is 8.68. The first kappa shape index (κ1) is 20.3. The molecule has 3 aromatic rings. The van der Waals surface area contributed by atoms with Crippen LogP contribution in [0.5, 0.6) is 0 Å². The Morgan fingerprint density at radius 1 is 1.10 bits per heavy atom. The molecule has 0 spiro atoms. The molecule has 1 aromatic heterocycles. The molecule has 0 unspecified atom stereocenters. The minimum Gasteiger partial charge on any atom is -0.390 e. The molecule has 1 aliphatic rings. The molecule has 3 nitrogen and oxygen atoms in total. The van der Waals surface area contributed by atoms with Crippen LogP contribution in [0, 0.1) is 13.8 Å². The standard InChI is InChI=1S/C24H22INO2S/c1-16-8-11-18(12-9-16)15-26-21-13-10-17(2)14-20(21)23(22(26)24(27)28-25)29-19-6-4-3-5-7-19/h4,6-14H,3,5,15H2,1-2H3. The van der Waals surface area contributed by atoms with Crippen molar-refractivity contribution >= 4 is 51.6 Å². The number of aryl methyl sites for hydroxylation is 2. The van der Waals surface area contributed by atoms with E-state index in [1.54, 1.807) is 34.8 Å². The number of hydrogen-bond donors (Lipinski definition) is 0. The highest BCUT2D eigenvalue weighted by atomic mass is 127. The normalized spacial score (nSPS) is 13.6. The summed E-state index contributed by atoms with van der Waals surface area (Å²) in [5.41, 5.74) is 5.22. The van der Waals surface area contributed by atoms with Crippen molar-refractivity contribution < 1.29 is 7.86 Å². The molecule has 0 amide bonds. The van der Waals surface area contributed by atoms with Crippen LogP contribution in [0.15, 0.2) is 70.5 Å². The number of rotatable bonds is 5. The third kappa shape index (κ3) is 4.31. The topological polar surface area (TPSA) is 31.2 Å². The maximum atomic E-state index is 12.9. The van der Waals surface area contributed by atoms with Gasteiger partial charge in [-0.15, -0.1) is 0 Å². The van der Waals surface area contributed by atoms with Crippen molar-refractivity contribution in [2.24, 2.45) is 0 Å². The summed E-state index contributed by atoms with van der Waals surface area (Å²) < 4.78 is 7.28. The maximum Gasteiger partial charge on any atom is 0.365 e. The number of fused-ring (bicyclic) bond motifs is 1. The zero-order valence-electron chi connectivity index (χ0n) is 16.4. The van der Waals surface area contributed by atoms with Gasteiger partial charge in [0.2, 0.25) is 0 Å². The lowest BCUT2D eigenvalue weighted by molar-refractivity contribution is 0.0787. The molecule has 29 heavy (non-hydrogen) atoms. The fourth-order valence-electron chi connectivity index (χ4n) is 3.60. The lowest BCUT2D eigenvalue weighted by Crippen LogP contribution is -2.11. The van der Waals surface area contributed by atoms with Crippen LogP contribution < -0.4 is 0 Å². The molecule has 1 heterocycles. The average Bonchev–Trinajstić information content (AvgIpc) is 3.02. The number of hydrogen-bond acceptors (Lipinski definition) is 3. The van der Waals surface area contributed by atoms with Gasteiger partial charge in [0.05, 0.1) is 10.4 Å². The fraction of sp³-hybridized carbons (Fsp3) is 0.208. The van der Waals surface area contributed by atoms with E-state index in [0.29, 0.717) is 12.2 Å². The van der Waals surface area contributed by atoms with E-state index in [4.69, 9.17) is 3.07 Å². The average molecular weight is 515 g/mol. The van der Waals surface area contributed by atoms with Crippen LogP contribution in [0.25, 0.3) is 10.9 Å². The molecule has 0 bridgehead atoms. The lowest BCUT2D eigenvalue weighted by atomic mass is 10.1. The molecule has 0 aliphatic heterocycles. The Morgan fingerprint density at radius 2 is 1.86 bits per heavy atom. The molecule has 0 radical (unpaired) electrons. The minimum atomic E-state index is -0.311. The second-order valence-corrected chi connectivity index (χ2v) is 8.85. The molecule has 0 saturated carbocycles. The first-order valence-electron chi connectivity index (χ1n) is 9.62. The highest BCUT2D eigenvalue weighted by molar-refractivity contribution is 14.1. The van der Waals surface area contributed by atoms with Crippen LogP contribution in [-0.2, 0) is 9.61 Å². The van der Waals surface area contributed by atoms with Crippen LogP contribution in [0.3, 0.4) is 0 Å². The Labute approximate surface area is 189 Å². The molecule has 5 heteroatoms. The Bertz CT molecular complexity index is 1130. The van der Waals surface area contributed by atoms with Gasteiger partial charge >= 0.3 is 5.97 Å². The monoisotopic (exact) mass is 515 g/mol. The van der Waals surface area contributed by atoms with E-state index >= 15 is 0 Å². The van der Waals surface area contributed by atoms with Gasteiger partial charge in [-0.2, -0.15) is 0 Å². The van der Waals surface area contributed by atoms with Crippen LogP contribution in [-0.4, -0.2) is 10.5 Å². The molecule has 4 rings (SSSR count). The predicted molar refractivity (Wildman–Crippen MR) is 129 cm³/mol. The van der Waals surface area contributed by atoms with Crippen LogP contribution in [0.1, 0.15) is 40.0 Å². The summed E-state index contributed by atoms with van der Waals surface area (Å²) in [7, 11) is 0. The molecular weight excluding hydrogens is 493 g/mol. The highest BCUT2D eigenvalue weighted by Crippen LogP contribution is 2.41. The largest absolute Gasteiger partial charge is 0.390 e. The zero-order chi connectivity index (χ0) is 20.4. The van der Waals surface area contributed by atoms with Crippen molar-refractivity contribution in [3.05, 3.63) is 88.0 Å². The SMILES string of the molecule is Cc1ccc(Cn2c(C(=O)OI)c(SC3=CCCC=C3)c3cc(C)ccc32)cc1. The number of nitrogens with zero attached hydrogens (tertiary/aromatic N) is 1. The van der Waals surface area contributed by atoms with E-state index in [0.717, 1.165) is 34.2 Å². The number of carbonyl (C=O) groups is 1. The van der Waals surface area contributed by atoms with Crippen LogP contribution in [0.4, 0.5) is 0 Å². The van der Waals surface area contributed by atoms with Gasteiger partial charge < -0.3 is 7.63 Å². The van der Waals surface area contributed by atoms with E-state index in [2.05, 4.69) is 79.1 Å². The van der Waals surface area contributed by atoms with Crippen molar-refractivity contribution in [2.45, 2.75) is 38.1 Å². The Balaban J connectivity index is 1.90. The number of halogens is 1. The van der Waals surface area contributed by atoms with Crippen LogP contribution in [0.2, 0.25) is 0 Å². The number of aromatic nitrogens is 1. The first-order valence-corrected chi connectivity index (χ1v) is 11.3.